The van der Waals surface area contributed by atoms with E-state index in [1.807, 2.05) is 55.5 Å². The topological polar surface area (TPSA) is 69.4 Å². The van der Waals surface area contributed by atoms with Gasteiger partial charge >= 0.3 is 5.97 Å². The monoisotopic (exact) mass is 397 g/mol. The molecular formula is C20H15NO4S2. The fraction of sp³-hybridized carbons (Fsp3) is 0.150. The largest absolute Gasteiger partial charge is 0.457 e. The quantitative estimate of drug-likeness (QED) is 0.263. The van der Waals surface area contributed by atoms with Crippen molar-refractivity contribution < 1.29 is 18.7 Å². The number of esters is 1. The summed E-state index contributed by atoms with van der Waals surface area (Å²) in [5, 5.41) is 1.46. The van der Waals surface area contributed by atoms with Crippen molar-refractivity contribution in [2.75, 3.05) is 12.4 Å². The van der Waals surface area contributed by atoms with Crippen LogP contribution < -0.4 is 0 Å². The number of fused-ring (bicyclic) bond motifs is 2. The van der Waals surface area contributed by atoms with Gasteiger partial charge < -0.3 is 9.15 Å². The first-order valence-electron chi connectivity index (χ1n) is 8.27. The summed E-state index contributed by atoms with van der Waals surface area (Å²) in [6.45, 7) is 1.65. The molecule has 2 heterocycles. The Kier molecular flexibility index (Phi) is 4.96. The number of thiophene rings is 1. The van der Waals surface area contributed by atoms with Crippen LogP contribution in [0.3, 0.4) is 0 Å². The minimum absolute atomic E-state index is 0.0332. The summed E-state index contributed by atoms with van der Waals surface area (Å²) in [6.07, 6.45) is 0. The highest BCUT2D eigenvalue weighted by Crippen LogP contribution is 2.31. The third-order valence-electron chi connectivity index (χ3n) is 4.05. The number of carbonyl (C=O) groups excluding carboxylic acids is 2. The molecule has 0 saturated heterocycles. The highest BCUT2D eigenvalue weighted by molar-refractivity contribution is 7.99. The Morgan fingerprint density at radius 2 is 1.93 bits per heavy atom. The molecule has 7 heteroatoms. The van der Waals surface area contributed by atoms with Crippen LogP contribution in [0.4, 0.5) is 0 Å². The molecule has 4 aromatic rings. The number of aryl methyl sites for hydroxylation is 1. The lowest BCUT2D eigenvalue weighted by molar-refractivity contribution is -0.139. The molecule has 136 valence electrons. The lowest BCUT2D eigenvalue weighted by Gasteiger charge is -2.03. The third-order valence-corrected chi connectivity index (χ3v) is 6.16. The molecule has 0 radical (unpaired) electrons. The van der Waals surface area contributed by atoms with E-state index < -0.39 is 5.97 Å². The number of oxazole rings is 1. The number of aromatic nitrogens is 1. The summed E-state index contributed by atoms with van der Waals surface area (Å²) in [7, 11) is 0. The maximum atomic E-state index is 12.4. The molecule has 0 atom stereocenters. The fourth-order valence-electron chi connectivity index (χ4n) is 2.73. The molecule has 27 heavy (non-hydrogen) atoms. The van der Waals surface area contributed by atoms with E-state index in [1.165, 1.54) is 11.3 Å². The number of Topliss-reactive ketones (excluding diaryl/α,β-unsaturated/α-hetero) is 1. The van der Waals surface area contributed by atoms with E-state index in [1.54, 1.807) is 0 Å². The Labute approximate surface area is 163 Å². The molecule has 0 N–H and O–H groups in total. The predicted octanol–water partition coefficient (Wildman–Crippen LogP) is 4.87. The van der Waals surface area contributed by atoms with Crippen LogP contribution in [0.15, 0.2) is 58.2 Å². The van der Waals surface area contributed by atoms with Gasteiger partial charge in [-0.3, -0.25) is 9.59 Å². The Hall–Kier alpha value is -2.64. The number of ketones is 1. The Morgan fingerprint density at radius 1 is 1.15 bits per heavy atom. The molecule has 0 saturated carbocycles. The number of thioether (sulfide) groups is 1. The average molecular weight is 397 g/mol. The van der Waals surface area contributed by atoms with Crippen LogP contribution in [-0.2, 0) is 9.53 Å². The zero-order valence-electron chi connectivity index (χ0n) is 14.4. The van der Waals surface area contributed by atoms with Crippen molar-refractivity contribution in [3.05, 3.63) is 59.0 Å². The zero-order valence-corrected chi connectivity index (χ0v) is 16.1. The third kappa shape index (κ3) is 3.74. The smallest absolute Gasteiger partial charge is 0.316 e. The number of para-hydroxylation sites is 2. The number of rotatable bonds is 6. The van der Waals surface area contributed by atoms with E-state index in [9.17, 15) is 9.59 Å². The van der Waals surface area contributed by atoms with Gasteiger partial charge in [0.1, 0.15) is 11.3 Å². The van der Waals surface area contributed by atoms with Gasteiger partial charge in [0.25, 0.3) is 5.22 Å². The maximum absolute atomic E-state index is 12.4. The number of hydrogen-bond donors (Lipinski definition) is 0. The molecule has 0 bridgehead atoms. The van der Waals surface area contributed by atoms with E-state index in [0.717, 1.165) is 32.9 Å². The maximum Gasteiger partial charge on any atom is 0.316 e. The van der Waals surface area contributed by atoms with Crippen LogP contribution in [0.25, 0.3) is 21.2 Å². The summed E-state index contributed by atoms with van der Waals surface area (Å²) in [5.74, 6) is -0.630. The van der Waals surface area contributed by atoms with Crippen LogP contribution in [0.2, 0.25) is 0 Å². The normalized spacial score (nSPS) is 11.1. The van der Waals surface area contributed by atoms with Gasteiger partial charge in [0.15, 0.2) is 12.2 Å². The van der Waals surface area contributed by atoms with Gasteiger partial charge in [-0.15, -0.1) is 11.3 Å². The van der Waals surface area contributed by atoms with Crippen LogP contribution in [-0.4, -0.2) is 29.1 Å². The molecule has 0 fully saturated rings. The highest BCUT2D eigenvalue weighted by atomic mass is 32.2. The highest BCUT2D eigenvalue weighted by Gasteiger charge is 2.17. The second kappa shape index (κ2) is 7.54. The van der Waals surface area contributed by atoms with E-state index in [2.05, 4.69) is 4.98 Å². The second-order valence-corrected chi connectivity index (χ2v) is 7.85. The van der Waals surface area contributed by atoms with Gasteiger partial charge in [-0.05, 0) is 36.1 Å². The predicted molar refractivity (Wildman–Crippen MR) is 107 cm³/mol. The number of benzene rings is 2. The molecule has 2 aromatic carbocycles. The van der Waals surface area contributed by atoms with Gasteiger partial charge in [-0.2, -0.15) is 0 Å². The van der Waals surface area contributed by atoms with Gasteiger partial charge in [0.2, 0.25) is 5.78 Å². The summed E-state index contributed by atoms with van der Waals surface area (Å²) < 4.78 is 11.7. The van der Waals surface area contributed by atoms with Crippen LogP contribution in [0, 0.1) is 6.92 Å². The molecule has 0 amide bonds. The molecule has 2 aromatic heterocycles. The van der Waals surface area contributed by atoms with Gasteiger partial charge in [0, 0.05) is 4.70 Å². The van der Waals surface area contributed by atoms with Gasteiger partial charge in [-0.1, -0.05) is 42.1 Å². The van der Waals surface area contributed by atoms with Crippen LogP contribution >= 0.6 is 23.1 Å². The molecule has 4 rings (SSSR count). The van der Waals surface area contributed by atoms with Crippen LogP contribution in [0.1, 0.15) is 15.2 Å². The van der Waals surface area contributed by atoms with Crippen molar-refractivity contribution in [3.8, 4) is 0 Å². The SMILES string of the molecule is Cc1c(C(=O)COC(=O)CSc2nc3ccccc3o2)sc2ccccc12. The first-order valence-corrected chi connectivity index (χ1v) is 10.1. The van der Waals surface area contributed by atoms with E-state index in [0.29, 0.717) is 15.7 Å². The summed E-state index contributed by atoms with van der Waals surface area (Å²) in [5.41, 5.74) is 2.34. The molecule has 0 spiro atoms. The fourth-order valence-corrected chi connectivity index (χ4v) is 4.50. The van der Waals surface area contributed by atoms with E-state index in [4.69, 9.17) is 9.15 Å². The Balaban J connectivity index is 1.34. The number of nitrogens with zero attached hydrogens (tertiary/aromatic N) is 1. The summed E-state index contributed by atoms with van der Waals surface area (Å²) in [6, 6.07) is 15.2. The summed E-state index contributed by atoms with van der Waals surface area (Å²) >= 11 is 2.57. The molecule has 0 aliphatic carbocycles. The van der Waals surface area contributed by atoms with E-state index in [-0.39, 0.29) is 18.1 Å². The first-order chi connectivity index (χ1) is 13.1. The van der Waals surface area contributed by atoms with E-state index >= 15 is 0 Å². The van der Waals surface area contributed by atoms with Crippen molar-refractivity contribution in [2.24, 2.45) is 0 Å². The number of carbonyl (C=O) groups is 2. The molecule has 0 aliphatic rings. The first kappa shape index (κ1) is 17.8. The van der Waals surface area contributed by atoms with Crippen molar-refractivity contribution >= 4 is 56.0 Å². The van der Waals surface area contributed by atoms with Crippen LogP contribution in [0.5, 0.6) is 0 Å². The molecule has 0 aliphatic heterocycles. The molecular weight excluding hydrogens is 382 g/mol. The molecule has 5 nitrogen and oxygen atoms in total. The minimum Gasteiger partial charge on any atom is -0.457 e. The number of hydrogen-bond acceptors (Lipinski definition) is 7. The Bertz CT molecular complexity index is 1110. The van der Waals surface area contributed by atoms with Gasteiger partial charge in [-0.25, -0.2) is 4.98 Å². The summed E-state index contributed by atoms with van der Waals surface area (Å²) in [4.78, 5) is 29.3. The standard InChI is InChI=1S/C20H15NO4S2/c1-12-13-6-2-5-9-17(13)27-19(12)15(22)10-24-18(23)11-26-20-21-14-7-3-4-8-16(14)25-20/h2-9H,10-11H2,1H3. The second-order valence-electron chi connectivity index (χ2n) is 5.87. The lowest BCUT2D eigenvalue weighted by atomic mass is 10.1. The zero-order chi connectivity index (χ0) is 18.8. The Morgan fingerprint density at radius 3 is 2.74 bits per heavy atom. The molecule has 0 unspecified atom stereocenters. The van der Waals surface area contributed by atoms with Crippen molar-refractivity contribution in [3.63, 3.8) is 0 Å². The lowest BCUT2D eigenvalue weighted by Crippen LogP contribution is -2.15. The minimum atomic E-state index is -0.477. The van der Waals surface area contributed by atoms with Crippen molar-refractivity contribution in [1.82, 2.24) is 4.98 Å². The number of ether oxygens (including phenoxy) is 1. The van der Waals surface area contributed by atoms with Gasteiger partial charge in [0.05, 0.1) is 4.88 Å². The average Bonchev–Trinajstić information content (AvgIpc) is 3.25. The van der Waals surface area contributed by atoms with Crippen molar-refractivity contribution in [1.29, 1.82) is 0 Å². The van der Waals surface area contributed by atoms with Crippen molar-refractivity contribution in [2.45, 2.75) is 12.1 Å².